The highest BCUT2D eigenvalue weighted by atomic mass is 79.9. The van der Waals surface area contributed by atoms with E-state index in [1.807, 2.05) is 0 Å². The lowest BCUT2D eigenvalue weighted by molar-refractivity contribution is -0.385. The molecule has 0 amide bonds. The van der Waals surface area contributed by atoms with Gasteiger partial charge in [0.05, 0.1) is 10.5 Å². The Labute approximate surface area is 92.9 Å². The van der Waals surface area contributed by atoms with Crippen LogP contribution in [0.25, 0.3) is 0 Å². The molecule has 1 aromatic carbocycles. The van der Waals surface area contributed by atoms with Gasteiger partial charge in [-0.3, -0.25) is 10.1 Å². The predicted molar refractivity (Wildman–Crippen MR) is 55.2 cm³/mol. The van der Waals surface area contributed by atoms with Gasteiger partial charge in [-0.2, -0.15) is 0 Å². The van der Waals surface area contributed by atoms with Crippen molar-refractivity contribution >= 4 is 44.8 Å². The van der Waals surface area contributed by atoms with Crippen LogP contribution < -0.4 is 0 Å². The van der Waals surface area contributed by atoms with Crippen LogP contribution in [0.5, 0.6) is 0 Å². The molecule has 13 heavy (non-hydrogen) atoms. The second-order valence-electron chi connectivity index (χ2n) is 2.23. The summed E-state index contributed by atoms with van der Waals surface area (Å²) in [6.07, 6.45) is 0. The van der Waals surface area contributed by atoms with Crippen molar-refractivity contribution < 1.29 is 4.92 Å². The maximum Gasteiger partial charge on any atom is 0.276 e. The van der Waals surface area contributed by atoms with E-state index in [1.54, 1.807) is 12.1 Å². The van der Waals surface area contributed by atoms with Crippen molar-refractivity contribution in [1.29, 1.82) is 0 Å². The molecular formula is C7H4BrCl2NO2. The normalized spacial score (nSPS) is 10.5. The van der Waals surface area contributed by atoms with Crippen molar-refractivity contribution in [2.24, 2.45) is 0 Å². The lowest BCUT2D eigenvalue weighted by Crippen LogP contribution is -1.95. The Morgan fingerprint density at radius 3 is 2.46 bits per heavy atom. The van der Waals surface area contributed by atoms with Crippen molar-refractivity contribution in [1.82, 2.24) is 0 Å². The minimum atomic E-state index is -0.907. The highest BCUT2D eigenvalue weighted by molar-refractivity contribution is 9.10. The van der Waals surface area contributed by atoms with Crippen LogP contribution in [0, 0.1) is 10.1 Å². The third kappa shape index (κ3) is 2.33. The summed E-state index contributed by atoms with van der Waals surface area (Å²) in [7, 11) is 0. The number of nitrogens with zero attached hydrogens (tertiary/aromatic N) is 1. The number of benzene rings is 1. The highest BCUT2D eigenvalue weighted by Crippen LogP contribution is 2.37. The number of halogens is 3. The fourth-order valence-corrected chi connectivity index (χ4v) is 2.21. The zero-order valence-corrected chi connectivity index (χ0v) is 9.30. The third-order valence-corrected chi connectivity index (χ3v) is 2.57. The lowest BCUT2D eigenvalue weighted by Gasteiger charge is -2.04. The Morgan fingerprint density at radius 2 is 2.08 bits per heavy atom. The van der Waals surface area contributed by atoms with Crippen LogP contribution in [-0.4, -0.2) is 4.92 Å². The zero-order chi connectivity index (χ0) is 10.0. The van der Waals surface area contributed by atoms with Gasteiger partial charge in [-0.1, -0.05) is 45.2 Å². The molecule has 0 radical (unpaired) electrons. The van der Waals surface area contributed by atoms with Crippen LogP contribution in [-0.2, 0) is 0 Å². The molecule has 0 saturated carbocycles. The number of alkyl halides is 2. The number of rotatable bonds is 2. The number of nitro groups is 1. The van der Waals surface area contributed by atoms with E-state index in [9.17, 15) is 10.1 Å². The quantitative estimate of drug-likeness (QED) is 0.470. The SMILES string of the molecule is O=[N+]([O-])c1cccc(Br)c1C(Cl)Cl. The first-order valence-corrected chi connectivity index (χ1v) is 4.91. The molecule has 0 bridgehead atoms. The summed E-state index contributed by atoms with van der Waals surface area (Å²) in [5.74, 6) is 0. The average Bonchev–Trinajstić information content (AvgIpc) is 2.02. The molecule has 1 rings (SSSR count). The fraction of sp³-hybridized carbons (Fsp3) is 0.143. The van der Waals surface area contributed by atoms with E-state index in [-0.39, 0.29) is 11.3 Å². The molecule has 70 valence electrons. The summed E-state index contributed by atoms with van der Waals surface area (Å²) < 4.78 is 0.539. The molecule has 0 aliphatic heterocycles. The van der Waals surface area contributed by atoms with Gasteiger partial charge in [0.15, 0.2) is 0 Å². The van der Waals surface area contributed by atoms with Gasteiger partial charge in [0.2, 0.25) is 0 Å². The van der Waals surface area contributed by atoms with E-state index in [1.165, 1.54) is 6.07 Å². The maximum absolute atomic E-state index is 10.5. The number of nitro benzene ring substituents is 1. The summed E-state index contributed by atoms with van der Waals surface area (Å²) in [5.41, 5.74) is 0.209. The Hall–Kier alpha value is -0.320. The minimum Gasteiger partial charge on any atom is -0.258 e. The zero-order valence-electron chi connectivity index (χ0n) is 6.21. The Bertz CT molecular complexity index is 343. The molecule has 0 N–H and O–H groups in total. The molecule has 0 unspecified atom stereocenters. The summed E-state index contributed by atoms with van der Waals surface area (Å²) in [4.78, 5) is 9.12. The van der Waals surface area contributed by atoms with Gasteiger partial charge in [-0.05, 0) is 6.07 Å². The van der Waals surface area contributed by atoms with Crippen molar-refractivity contribution in [3.05, 3.63) is 38.3 Å². The predicted octanol–water partition coefficient (Wildman–Crippen LogP) is 3.83. The molecule has 0 fully saturated rings. The molecule has 0 aromatic heterocycles. The van der Waals surface area contributed by atoms with Crippen LogP contribution in [0.3, 0.4) is 0 Å². The first-order chi connectivity index (χ1) is 6.04. The average molecular weight is 285 g/mol. The van der Waals surface area contributed by atoms with Crippen LogP contribution in [0.15, 0.2) is 22.7 Å². The molecule has 0 heterocycles. The number of hydrogen-bond donors (Lipinski definition) is 0. The van der Waals surface area contributed by atoms with Crippen LogP contribution in [0.4, 0.5) is 5.69 Å². The van der Waals surface area contributed by atoms with Crippen molar-refractivity contribution in [3.63, 3.8) is 0 Å². The first kappa shape index (κ1) is 10.8. The van der Waals surface area contributed by atoms with Gasteiger partial charge in [0.25, 0.3) is 5.69 Å². The Balaban J connectivity index is 3.34. The second kappa shape index (κ2) is 4.26. The standard InChI is InChI=1S/C7H4BrCl2NO2/c8-4-2-1-3-5(11(12)13)6(4)7(9)10/h1-3,7H. The molecule has 0 aliphatic carbocycles. The van der Waals surface area contributed by atoms with Crippen LogP contribution in [0.2, 0.25) is 0 Å². The topological polar surface area (TPSA) is 43.1 Å². The molecule has 1 aromatic rings. The monoisotopic (exact) mass is 283 g/mol. The van der Waals surface area contributed by atoms with Gasteiger partial charge in [-0.15, -0.1) is 0 Å². The molecule has 0 saturated heterocycles. The summed E-state index contributed by atoms with van der Waals surface area (Å²) in [6.45, 7) is 0. The van der Waals surface area contributed by atoms with E-state index in [0.717, 1.165) is 0 Å². The van der Waals surface area contributed by atoms with Gasteiger partial charge >= 0.3 is 0 Å². The second-order valence-corrected chi connectivity index (χ2v) is 4.18. The van der Waals surface area contributed by atoms with Crippen molar-refractivity contribution in [3.8, 4) is 0 Å². The van der Waals surface area contributed by atoms with E-state index < -0.39 is 9.76 Å². The van der Waals surface area contributed by atoms with Gasteiger partial charge in [0.1, 0.15) is 4.84 Å². The van der Waals surface area contributed by atoms with Gasteiger partial charge < -0.3 is 0 Å². The minimum absolute atomic E-state index is 0.0793. The lowest BCUT2D eigenvalue weighted by atomic mass is 10.2. The first-order valence-electron chi connectivity index (χ1n) is 3.25. The highest BCUT2D eigenvalue weighted by Gasteiger charge is 2.21. The van der Waals surface area contributed by atoms with Gasteiger partial charge in [0, 0.05) is 10.5 Å². The van der Waals surface area contributed by atoms with E-state index >= 15 is 0 Å². The fourth-order valence-electron chi connectivity index (χ4n) is 0.901. The van der Waals surface area contributed by atoms with Crippen LogP contribution in [0.1, 0.15) is 10.4 Å². The third-order valence-electron chi connectivity index (χ3n) is 1.44. The molecule has 0 atom stereocenters. The molecule has 6 heteroatoms. The van der Waals surface area contributed by atoms with Crippen LogP contribution >= 0.6 is 39.1 Å². The molecule has 0 spiro atoms. The summed E-state index contributed by atoms with van der Waals surface area (Å²) in [5, 5.41) is 10.5. The maximum atomic E-state index is 10.5. The molecular weight excluding hydrogens is 281 g/mol. The molecule has 3 nitrogen and oxygen atoms in total. The van der Waals surface area contributed by atoms with E-state index in [2.05, 4.69) is 15.9 Å². The summed E-state index contributed by atoms with van der Waals surface area (Å²) >= 11 is 14.3. The Kier molecular flexibility index (Phi) is 3.53. The smallest absolute Gasteiger partial charge is 0.258 e. The van der Waals surface area contributed by atoms with E-state index in [0.29, 0.717) is 4.47 Å². The molecule has 0 aliphatic rings. The van der Waals surface area contributed by atoms with Crippen molar-refractivity contribution in [2.45, 2.75) is 4.84 Å². The Morgan fingerprint density at radius 1 is 1.46 bits per heavy atom. The van der Waals surface area contributed by atoms with Crippen molar-refractivity contribution in [2.75, 3.05) is 0 Å². The summed E-state index contributed by atoms with van der Waals surface area (Å²) in [6, 6.07) is 4.57. The van der Waals surface area contributed by atoms with E-state index in [4.69, 9.17) is 23.2 Å². The number of hydrogen-bond acceptors (Lipinski definition) is 2. The van der Waals surface area contributed by atoms with Gasteiger partial charge in [-0.25, -0.2) is 0 Å². The largest absolute Gasteiger partial charge is 0.276 e.